The summed E-state index contributed by atoms with van der Waals surface area (Å²) in [6.45, 7) is 2.01. The van der Waals surface area contributed by atoms with E-state index in [0.29, 0.717) is 5.56 Å². The van der Waals surface area contributed by atoms with Crippen LogP contribution in [0, 0.1) is 5.82 Å². The Kier molecular flexibility index (Phi) is 4.25. The topological polar surface area (TPSA) is 69.6 Å². The van der Waals surface area contributed by atoms with Gasteiger partial charge in [-0.25, -0.2) is 4.39 Å². The van der Waals surface area contributed by atoms with Crippen LogP contribution in [-0.2, 0) is 4.79 Å². The van der Waals surface area contributed by atoms with Crippen LogP contribution in [0.5, 0.6) is 5.75 Å². The van der Waals surface area contributed by atoms with Crippen LogP contribution in [0.3, 0.4) is 0 Å². The predicted octanol–water partition coefficient (Wildman–Crippen LogP) is 1.66. The molecule has 0 aliphatic carbocycles. The lowest BCUT2D eigenvalue weighted by atomic mass is 10.1. The number of nitrogens with one attached hydrogen (secondary N) is 1. The van der Waals surface area contributed by atoms with Crippen LogP contribution >= 0.6 is 0 Å². The van der Waals surface area contributed by atoms with Gasteiger partial charge >= 0.3 is 5.97 Å². The van der Waals surface area contributed by atoms with Crippen molar-refractivity contribution >= 4 is 5.97 Å². The molecule has 0 aliphatic heterocycles. The number of hydrogen-bond donors (Lipinski definition) is 3. The first-order chi connectivity index (χ1) is 7.50. The number of carboxylic acid groups (broad SMARTS) is 1. The molecule has 1 rings (SSSR count). The summed E-state index contributed by atoms with van der Waals surface area (Å²) in [5.74, 6) is -1.53. The minimum absolute atomic E-state index is 0.00988. The number of aromatic hydroxyl groups is 1. The van der Waals surface area contributed by atoms with E-state index < -0.39 is 11.8 Å². The van der Waals surface area contributed by atoms with Gasteiger partial charge in [-0.05, 0) is 13.0 Å². The van der Waals surface area contributed by atoms with E-state index in [4.69, 9.17) is 10.2 Å². The predicted molar refractivity (Wildman–Crippen MR) is 56.7 cm³/mol. The molecule has 1 aromatic carbocycles. The highest BCUT2D eigenvalue weighted by atomic mass is 19.1. The Labute approximate surface area is 92.7 Å². The first kappa shape index (κ1) is 12.4. The first-order valence-electron chi connectivity index (χ1n) is 4.94. The highest BCUT2D eigenvalue weighted by Gasteiger charge is 2.11. The minimum Gasteiger partial charge on any atom is -0.508 e. The van der Waals surface area contributed by atoms with Crippen LogP contribution in [0.25, 0.3) is 0 Å². The van der Waals surface area contributed by atoms with Crippen molar-refractivity contribution in [3.8, 4) is 5.75 Å². The molecule has 5 heteroatoms. The maximum atomic E-state index is 13.4. The molecule has 1 aromatic rings. The molecule has 16 heavy (non-hydrogen) atoms. The van der Waals surface area contributed by atoms with Crippen molar-refractivity contribution in [3.05, 3.63) is 29.6 Å². The zero-order chi connectivity index (χ0) is 12.1. The molecule has 0 saturated carbocycles. The van der Waals surface area contributed by atoms with Crippen LogP contribution in [0.15, 0.2) is 18.2 Å². The summed E-state index contributed by atoms with van der Waals surface area (Å²) in [6, 6.07) is 3.61. The van der Waals surface area contributed by atoms with Crippen molar-refractivity contribution in [2.24, 2.45) is 0 Å². The summed E-state index contributed by atoms with van der Waals surface area (Å²) in [6.07, 6.45) is -0.00988. The highest BCUT2D eigenvalue weighted by molar-refractivity contribution is 5.66. The van der Waals surface area contributed by atoms with Gasteiger partial charge in [0, 0.05) is 24.2 Å². The maximum Gasteiger partial charge on any atom is 0.304 e. The molecular weight excluding hydrogens is 213 g/mol. The van der Waals surface area contributed by atoms with Gasteiger partial charge in [-0.1, -0.05) is 6.07 Å². The molecule has 0 radical (unpaired) electrons. The lowest BCUT2D eigenvalue weighted by Crippen LogP contribution is -2.22. The van der Waals surface area contributed by atoms with Crippen molar-refractivity contribution < 1.29 is 19.4 Å². The molecule has 0 amide bonds. The van der Waals surface area contributed by atoms with E-state index in [-0.39, 0.29) is 24.8 Å². The van der Waals surface area contributed by atoms with Gasteiger partial charge in [-0.3, -0.25) is 4.79 Å². The summed E-state index contributed by atoms with van der Waals surface area (Å²) >= 11 is 0. The lowest BCUT2D eigenvalue weighted by Gasteiger charge is -2.14. The fourth-order valence-corrected chi connectivity index (χ4v) is 1.37. The summed E-state index contributed by atoms with van der Waals surface area (Å²) in [5, 5.41) is 20.4. The molecule has 0 fully saturated rings. The second-order valence-electron chi connectivity index (χ2n) is 3.53. The van der Waals surface area contributed by atoms with E-state index in [0.717, 1.165) is 6.07 Å². The van der Waals surface area contributed by atoms with Gasteiger partial charge in [-0.2, -0.15) is 0 Å². The number of rotatable bonds is 5. The smallest absolute Gasteiger partial charge is 0.304 e. The van der Waals surface area contributed by atoms with E-state index in [2.05, 4.69) is 5.32 Å². The van der Waals surface area contributed by atoms with Gasteiger partial charge < -0.3 is 15.5 Å². The standard InChI is InChI=1S/C11H14FNO3/c1-7(13-5-4-11(15)16)9-3-2-8(14)6-10(9)12/h2-3,6-7,13-14H,4-5H2,1H3,(H,15,16). The number of hydrogen-bond acceptors (Lipinski definition) is 3. The Bertz CT molecular complexity index is 381. The molecule has 1 unspecified atom stereocenters. The summed E-state index contributed by atoms with van der Waals surface area (Å²) < 4.78 is 13.4. The Balaban J connectivity index is 2.58. The Hall–Kier alpha value is -1.62. The number of phenols is 1. The molecule has 0 spiro atoms. The Morgan fingerprint density at radius 1 is 1.56 bits per heavy atom. The van der Waals surface area contributed by atoms with E-state index in [1.54, 1.807) is 6.92 Å². The van der Waals surface area contributed by atoms with E-state index in [1.165, 1.54) is 12.1 Å². The second kappa shape index (κ2) is 5.46. The Morgan fingerprint density at radius 2 is 2.25 bits per heavy atom. The summed E-state index contributed by atoms with van der Waals surface area (Å²) in [4.78, 5) is 10.3. The normalized spacial score (nSPS) is 12.4. The fourth-order valence-electron chi connectivity index (χ4n) is 1.37. The largest absolute Gasteiger partial charge is 0.508 e. The molecule has 88 valence electrons. The molecule has 3 N–H and O–H groups in total. The zero-order valence-corrected chi connectivity index (χ0v) is 8.90. The monoisotopic (exact) mass is 227 g/mol. The van der Waals surface area contributed by atoms with Crippen molar-refractivity contribution in [1.82, 2.24) is 5.32 Å². The highest BCUT2D eigenvalue weighted by Crippen LogP contribution is 2.20. The van der Waals surface area contributed by atoms with Gasteiger partial charge in [0.15, 0.2) is 0 Å². The second-order valence-corrected chi connectivity index (χ2v) is 3.53. The number of carboxylic acids is 1. The average molecular weight is 227 g/mol. The third-order valence-electron chi connectivity index (χ3n) is 2.24. The fraction of sp³-hybridized carbons (Fsp3) is 0.364. The number of carbonyl (C=O) groups is 1. The molecule has 4 nitrogen and oxygen atoms in total. The minimum atomic E-state index is -0.897. The summed E-state index contributed by atoms with van der Waals surface area (Å²) in [7, 11) is 0. The molecule has 0 aliphatic rings. The average Bonchev–Trinajstić information content (AvgIpc) is 2.16. The molecule has 0 saturated heterocycles. The molecular formula is C11H14FNO3. The van der Waals surface area contributed by atoms with E-state index in [9.17, 15) is 9.18 Å². The molecule has 0 heterocycles. The van der Waals surface area contributed by atoms with Gasteiger partial charge in [-0.15, -0.1) is 0 Å². The van der Waals surface area contributed by atoms with Crippen molar-refractivity contribution in [2.45, 2.75) is 19.4 Å². The number of phenolic OH excluding ortho intramolecular Hbond substituents is 1. The molecule has 0 bridgehead atoms. The third-order valence-corrected chi connectivity index (χ3v) is 2.24. The van der Waals surface area contributed by atoms with Crippen molar-refractivity contribution in [2.75, 3.05) is 6.54 Å². The quantitative estimate of drug-likeness (QED) is 0.715. The van der Waals surface area contributed by atoms with Gasteiger partial charge in [0.25, 0.3) is 0 Å². The van der Waals surface area contributed by atoms with Crippen LogP contribution in [0.4, 0.5) is 4.39 Å². The zero-order valence-electron chi connectivity index (χ0n) is 8.90. The van der Waals surface area contributed by atoms with Gasteiger partial charge in [0.05, 0.1) is 6.42 Å². The lowest BCUT2D eigenvalue weighted by molar-refractivity contribution is -0.136. The summed E-state index contributed by atoms with van der Waals surface area (Å²) in [5.41, 5.74) is 0.406. The molecule has 1 atom stereocenters. The van der Waals surface area contributed by atoms with Crippen molar-refractivity contribution in [1.29, 1.82) is 0 Å². The first-order valence-corrected chi connectivity index (χ1v) is 4.94. The van der Waals surface area contributed by atoms with Gasteiger partial charge in [0.1, 0.15) is 11.6 Å². The number of aliphatic carboxylic acids is 1. The van der Waals surface area contributed by atoms with Crippen molar-refractivity contribution in [3.63, 3.8) is 0 Å². The van der Waals surface area contributed by atoms with Crippen LogP contribution in [0.2, 0.25) is 0 Å². The number of halogens is 1. The third kappa shape index (κ3) is 3.51. The maximum absolute atomic E-state index is 13.4. The molecule has 0 aromatic heterocycles. The Morgan fingerprint density at radius 3 is 2.81 bits per heavy atom. The SMILES string of the molecule is CC(NCCC(=O)O)c1ccc(O)cc1F. The van der Waals surface area contributed by atoms with Crippen LogP contribution < -0.4 is 5.32 Å². The van der Waals surface area contributed by atoms with E-state index >= 15 is 0 Å². The van der Waals surface area contributed by atoms with Crippen LogP contribution in [-0.4, -0.2) is 22.7 Å². The number of benzene rings is 1. The van der Waals surface area contributed by atoms with Crippen LogP contribution in [0.1, 0.15) is 24.9 Å². The van der Waals surface area contributed by atoms with Gasteiger partial charge in [0.2, 0.25) is 0 Å². The van der Waals surface area contributed by atoms with E-state index in [1.807, 2.05) is 0 Å².